The van der Waals surface area contributed by atoms with Gasteiger partial charge in [0.2, 0.25) is 5.75 Å². The van der Waals surface area contributed by atoms with Gasteiger partial charge in [-0.25, -0.2) is 4.79 Å². The standard InChI is InChI=1S/C22H27NO7/c1-26-18-10-15(11-19(27-2)22(18)30-5)13-23-9-8-16(12-21(25)29-4)17(14-23)6-7-20(24)28-3/h6-11,14,16H,12-13H2,1-5H3/b7-6+. The molecule has 0 radical (unpaired) electrons. The molecule has 0 spiro atoms. The lowest BCUT2D eigenvalue weighted by Gasteiger charge is -2.26. The van der Waals surface area contributed by atoms with Crippen LogP contribution < -0.4 is 14.2 Å². The number of esters is 2. The van der Waals surface area contributed by atoms with Crippen molar-refractivity contribution in [1.29, 1.82) is 0 Å². The Labute approximate surface area is 176 Å². The van der Waals surface area contributed by atoms with E-state index in [1.807, 2.05) is 35.5 Å². The maximum Gasteiger partial charge on any atom is 0.330 e. The Bertz CT molecular complexity index is 832. The fourth-order valence-corrected chi connectivity index (χ4v) is 3.04. The number of hydrogen-bond acceptors (Lipinski definition) is 8. The first-order valence-electron chi connectivity index (χ1n) is 9.23. The number of benzene rings is 1. The highest BCUT2D eigenvalue weighted by atomic mass is 16.5. The van der Waals surface area contributed by atoms with Gasteiger partial charge in [-0.1, -0.05) is 6.08 Å². The van der Waals surface area contributed by atoms with E-state index in [9.17, 15) is 9.59 Å². The number of carbonyl (C=O) groups excluding carboxylic acids is 2. The zero-order valence-corrected chi connectivity index (χ0v) is 17.8. The lowest BCUT2D eigenvalue weighted by Crippen LogP contribution is -2.19. The third-order valence-electron chi connectivity index (χ3n) is 4.57. The normalized spacial score (nSPS) is 15.6. The van der Waals surface area contributed by atoms with Crippen LogP contribution >= 0.6 is 0 Å². The van der Waals surface area contributed by atoms with Crippen molar-refractivity contribution in [3.8, 4) is 17.2 Å². The number of nitrogens with zero attached hydrogens (tertiary/aromatic N) is 1. The van der Waals surface area contributed by atoms with Crippen molar-refractivity contribution in [1.82, 2.24) is 4.90 Å². The number of allylic oxidation sites excluding steroid dienone is 3. The highest BCUT2D eigenvalue weighted by Crippen LogP contribution is 2.38. The van der Waals surface area contributed by atoms with Gasteiger partial charge in [0.05, 0.1) is 42.0 Å². The average Bonchev–Trinajstić information content (AvgIpc) is 2.77. The summed E-state index contributed by atoms with van der Waals surface area (Å²) >= 11 is 0. The molecule has 0 aromatic heterocycles. The van der Waals surface area contributed by atoms with Gasteiger partial charge in [0.1, 0.15) is 0 Å². The summed E-state index contributed by atoms with van der Waals surface area (Å²) in [6, 6.07) is 3.74. The second kappa shape index (κ2) is 10.9. The molecule has 0 saturated heterocycles. The number of methoxy groups -OCH3 is 5. The molecule has 0 fully saturated rings. The van der Waals surface area contributed by atoms with Crippen LogP contribution in [0.3, 0.4) is 0 Å². The summed E-state index contributed by atoms with van der Waals surface area (Å²) in [7, 11) is 7.34. The van der Waals surface area contributed by atoms with Crippen molar-refractivity contribution in [3.05, 3.63) is 53.9 Å². The van der Waals surface area contributed by atoms with Crippen LogP contribution in [0.4, 0.5) is 0 Å². The minimum absolute atomic E-state index is 0.169. The van der Waals surface area contributed by atoms with Gasteiger partial charge in [0.25, 0.3) is 0 Å². The molecule has 8 nitrogen and oxygen atoms in total. The number of carbonyl (C=O) groups is 2. The minimum atomic E-state index is -0.474. The highest BCUT2D eigenvalue weighted by molar-refractivity contribution is 5.82. The van der Waals surface area contributed by atoms with Crippen LogP contribution in [0.5, 0.6) is 17.2 Å². The third kappa shape index (κ3) is 5.79. The van der Waals surface area contributed by atoms with E-state index in [2.05, 4.69) is 4.74 Å². The maximum absolute atomic E-state index is 11.7. The van der Waals surface area contributed by atoms with Gasteiger partial charge in [0, 0.05) is 30.9 Å². The molecule has 0 amide bonds. The zero-order valence-electron chi connectivity index (χ0n) is 17.8. The Morgan fingerprint density at radius 3 is 2.20 bits per heavy atom. The van der Waals surface area contributed by atoms with Crippen LogP contribution in [-0.2, 0) is 25.6 Å². The predicted octanol–water partition coefficient (Wildman–Crippen LogP) is 2.83. The molecule has 1 aromatic carbocycles. The number of rotatable bonds is 9. The summed E-state index contributed by atoms with van der Waals surface area (Å²) in [6.07, 6.45) is 8.79. The summed E-state index contributed by atoms with van der Waals surface area (Å²) in [5.41, 5.74) is 1.70. The average molecular weight is 417 g/mol. The van der Waals surface area contributed by atoms with Gasteiger partial charge in [-0.3, -0.25) is 4.79 Å². The Hall–Kier alpha value is -3.42. The molecule has 1 aromatic rings. The first-order valence-corrected chi connectivity index (χ1v) is 9.23. The van der Waals surface area contributed by atoms with Crippen molar-refractivity contribution >= 4 is 11.9 Å². The number of hydrogen-bond donors (Lipinski definition) is 0. The summed E-state index contributed by atoms with van der Waals surface area (Å²) in [6.45, 7) is 0.508. The van der Waals surface area contributed by atoms with Crippen LogP contribution in [0, 0.1) is 5.92 Å². The van der Waals surface area contributed by atoms with Crippen molar-refractivity contribution in [2.75, 3.05) is 35.5 Å². The van der Waals surface area contributed by atoms with Gasteiger partial charge >= 0.3 is 11.9 Å². The van der Waals surface area contributed by atoms with Gasteiger partial charge in [0.15, 0.2) is 11.5 Å². The van der Waals surface area contributed by atoms with Crippen molar-refractivity contribution in [2.24, 2.45) is 5.92 Å². The van der Waals surface area contributed by atoms with Gasteiger partial charge in [-0.05, 0) is 29.3 Å². The number of ether oxygens (including phenoxy) is 5. The minimum Gasteiger partial charge on any atom is -0.493 e. The molecule has 0 bridgehead atoms. The van der Waals surface area contributed by atoms with Crippen LogP contribution in [0.25, 0.3) is 0 Å². The molecule has 0 saturated carbocycles. The Balaban J connectivity index is 2.30. The van der Waals surface area contributed by atoms with E-state index in [4.69, 9.17) is 18.9 Å². The molecule has 1 aliphatic heterocycles. The smallest absolute Gasteiger partial charge is 0.330 e. The molecule has 0 N–H and O–H groups in total. The van der Waals surface area contributed by atoms with Crippen molar-refractivity contribution < 1.29 is 33.3 Å². The molecule has 8 heteroatoms. The Morgan fingerprint density at radius 2 is 1.67 bits per heavy atom. The molecular formula is C22H27NO7. The van der Waals surface area contributed by atoms with E-state index in [0.29, 0.717) is 23.8 Å². The fourth-order valence-electron chi connectivity index (χ4n) is 3.04. The van der Waals surface area contributed by atoms with Crippen LogP contribution in [0.15, 0.2) is 48.3 Å². The van der Waals surface area contributed by atoms with E-state index >= 15 is 0 Å². The summed E-state index contributed by atoms with van der Waals surface area (Å²) in [5.74, 6) is 0.624. The second-order valence-electron chi connectivity index (χ2n) is 6.42. The molecular weight excluding hydrogens is 390 g/mol. The first-order chi connectivity index (χ1) is 14.4. The molecule has 1 atom stereocenters. The van der Waals surface area contributed by atoms with Crippen LogP contribution in [0.2, 0.25) is 0 Å². The molecule has 0 aliphatic carbocycles. The zero-order chi connectivity index (χ0) is 22.1. The molecule has 30 heavy (non-hydrogen) atoms. The molecule has 2 rings (SSSR count). The SMILES string of the molecule is COC(=O)/C=C/C1=CN(Cc2cc(OC)c(OC)c(OC)c2)C=CC1CC(=O)OC. The fraction of sp³-hybridized carbons (Fsp3) is 0.364. The lowest BCUT2D eigenvalue weighted by molar-refractivity contribution is -0.141. The molecule has 1 aliphatic rings. The molecule has 1 unspecified atom stereocenters. The van der Waals surface area contributed by atoms with Gasteiger partial charge < -0.3 is 28.6 Å². The Morgan fingerprint density at radius 1 is 1.00 bits per heavy atom. The van der Waals surface area contributed by atoms with Crippen molar-refractivity contribution in [2.45, 2.75) is 13.0 Å². The topological polar surface area (TPSA) is 83.5 Å². The van der Waals surface area contributed by atoms with E-state index < -0.39 is 5.97 Å². The maximum atomic E-state index is 11.7. The first kappa shape index (κ1) is 22.9. The lowest BCUT2D eigenvalue weighted by atomic mass is 9.93. The van der Waals surface area contributed by atoms with Crippen molar-refractivity contribution in [3.63, 3.8) is 0 Å². The quantitative estimate of drug-likeness (QED) is 0.448. The Kier molecular flexibility index (Phi) is 8.34. The van der Waals surface area contributed by atoms with Gasteiger partial charge in [-0.15, -0.1) is 0 Å². The van der Waals surface area contributed by atoms with Crippen LogP contribution in [0.1, 0.15) is 12.0 Å². The predicted molar refractivity (Wildman–Crippen MR) is 110 cm³/mol. The molecule has 162 valence electrons. The highest BCUT2D eigenvalue weighted by Gasteiger charge is 2.20. The van der Waals surface area contributed by atoms with E-state index in [1.54, 1.807) is 27.4 Å². The summed E-state index contributed by atoms with van der Waals surface area (Å²) in [4.78, 5) is 25.2. The summed E-state index contributed by atoms with van der Waals surface area (Å²) in [5, 5.41) is 0. The van der Waals surface area contributed by atoms with Crippen LogP contribution in [-0.4, -0.2) is 52.4 Å². The summed E-state index contributed by atoms with van der Waals surface area (Å²) < 4.78 is 25.6. The van der Waals surface area contributed by atoms with E-state index in [0.717, 1.165) is 11.1 Å². The second-order valence-corrected chi connectivity index (χ2v) is 6.42. The van der Waals surface area contributed by atoms with E-state index in [-0.39, 0.29) is 18.3 Å². The largest absolute Gasteiger partial charge is 0.493 e. The van der Waals surface area contributed by atoms with Gasteiger partial charge in [-0.2, -0.15) is 0 Å². The van der Waals surface area contributed by atoms with E-state index in [1.165, 1.54) is 20.3 Å². The third-order valence-corrected chi connectivity index (χ3v) is 4.57. The monoisotopic (exact) mass is 417 g/mol. The molecule has 1 heterocycles.